The molecule has 0 amide bonds. The van der Waals surface area contributed by atoms with E-state index in [2.05, 4.69) is 0 Å². The molecule has 0 unspecified atom stereocenters. The maximum Gasteiger partial charge on any atom is 0.162 e. The Hall–Kier alpha value is -1.23. The lowest BCUT2D eigenvalue weighted by atomic mass is 10.1. The molecule has 0 aromatic heterocycles. The van der Waals surface area contributed by atoms with Gasteiger partial charge in [0.2, 0.25) is 0 Å². The number of carbonyl (C=O) groups excluding carboxylic acids is 1. The number of unbranched alkanes of at least 4 members (excludes halogenated alkanes) is 2. The summed E-state index contributed by atoms with van der Waals surface area (Å²) in [5.74, 6) is -0.288. The van der Waals surface area contributed by atoms with E-state index in [1.54, 1.807) is 0 Å². The smallest absolute Gasteiger partial charge is 0.162 e. The Morgan fingerprint density at radius 2 is 1.65 bits per heavy atom. The average molecular weight is 300 g/mol. The molecule has 1 rings (SSSR count). The fourth-order valence-electron chi connectivity index (χ4n) is 1.91. The number of hydrogen-bond acceptors (Lipinski definition) is 3. The van der Waals surface area contributed by atoms with Gasteiger partial charge in [0.25, 0.3) is 0 Å². The fraction of sp³-hybridized carbons (Fsp3) is 0.533. The van der Waals surface area contributed by atoms with E-state index in [1.807, 2.05) is 6.92 Å². The number of Topliss-reactive ketones (excluding diaryl/α,β-unsaturated/α-hetero) is 1. The Bertz CT molecular complexity index is 521. The van der Waals surface area contributed by atoms with E-state index in [0.717, 1.165) is 12.8 Å². The van der Waals surface area contributed by atoms with Crippen LogP contribution in [0.4, 0.5) is 4.39 Å². The van der Waals surface area contributed by atoms with E-state index < -0.39 is 9.84 Å². The molecule has 0 fully saturated rings. The van der Waals surface area contributed by atoms with Crippen LogP contribution in [0.3, 0.4) is 0 Å². The van der Waals surface area contributed by atoms with Crippen LogP contribution < -0.4 is 0 Å². The van der Waals surface area contributed by atoms with Gasteiger partial charge in [-0.3, -0.25) is 4.79 Å². The maximum atomic E-state index is 12.7. The van der Waals surface area contributed by atoms with Crippen molar-refractivity contribution in [2.45, 2.75) is 39.0 Å². The first-order valence-electron chi connectivity index (χ1n) is 6.94. The second-order valence-electron chi connectivity index (χ2n) is 4.89. The number of benzene rings is 1. The summed E-state index contributed by atoms with van der Waals surface area (Å²) in [6.07, 6.45) is 3.08. The number of rotatable bonds is 9. The van der Waals surface area contributed by atoms with Crippen LogP contribution in [0.1, 0.15) is 49.4 Å². The van der Waals surface area contributed by atoms with Crippen molar-refractivity contribution in [2.24, 2.45) is 0 Å². The second-order valence-corrected chi connectivity index (χ2v) is 7.20. The van der Waals surface area contributed by atoms with Gasteiger partial charge in [-0.25, -0.2) is 12.8 Å². The van der Waals surface area contributed by atoms with Gasteiger partial charge in [0.15, 0.2) is 5.78 Å². The van der Waals surface area contributed by atoms with Crippen LogP contribution in [0, 0.1) is 5.82 Å². The Balaban J connectivity index is 2.36. The van der Waals surface area contributed by atoms with Crippen molar-refractivity contribution in [1.82, 2.24) is 0 Å². The molecule has 0 aliphatic rings. The second kappa shape index (κ2) is 8.15. The molecule has 0 spiro atoms. The first kappa shape index (κ1) is 16.8. The van der Waals surface area contributed by atoms with Crippen molar-refractivity contribution in [3.63, 3.8) is 0 Å². The zero-order valence-corrected chi connectivity index (χ0v) is 12.6. The highest BCUT2D eigenvalue weighted by Gasteiger charge is 2.12. The molecular formula is C15H21FO3S. The van der Waals surface area contributed by atoms with Gasteiger partial charge in [0.05, 0.1) is 11.5 Å². The van der Waals surface area contributed by atoms with Gasteiger partial charge >= 0.3 is 0 Å². The monoisotopic (exact) mass is 300 g/mol. The van der Waals surface area contributed by atoms with Crippen LogP contribution in [-0.2, 0) is 9.84 Å². The molecule has 112 valence electrons. The lowest BCUT2D eigenvalue weighted by Gasteiger charge is -2.04. The highest BCUT2D eigenvalue weighted by molar-refractivity contribution is 7.91. The SMILES string of the molecule is CCCCCS(=O)(=O)CCCC(=O)c1ccc(F)cc1. The lowest BCUT2D eigenvalue weighted by molar-refractivity contribution is 0.0982. The molecule has 0 saturated heterocycles. The van der Waals surface area contributed by atoms with Gasteiger partial charge in [-0.15, -0.1) is 0 Å². The van der Waals surface area contributed by atoms with Gasteiger partial charge in [0, 0.05) is 12.0 Å². The zero-order chi connectivity index (χ0) is 15.0. The summed E-state index contributed by atoms with van der Waals surface area (Å²) in [6, 6.07) is 5.31. The first-order chi connectivity index (χ1) is 9.44. The van der Waals surface area contributed by atoms with Crippen molar-refractivity contribution < 1.29 is 17.6 Å². The predicted molar refractivity (Wildman–Crippen MR) is 78.1 cm³/mol. The molecule has 20 heavy (non-hydrogen) atoms. The molecule has 1 aromatic carbocycles. The van der Waals surface area contributed by atoms with Crippen LogP contribution >= 0.6 is 0 Å². The molecule has 0 N–H and O–H groups in total. The van der Waals surface area contributed by atoms with Crippen molar-refractivity contribution in [1.29, 1.82) is 0 Å². The zero-order valence-electron chi connectivity index (χ0n) is 11.8. The molecule has 0 atom stereocenters. The van der Waals surface area contributed by atoms with Crippen molar-refractivity contribution in [3.8, 4) is 0 Å². The summed E-state index contributed by atoms with van der Waals surface area (Å²) in [7, 11) is -3.05. The van der Waals surface area contributed by atoms with Crippen LogP contribution in [-0.4, -0.2) is 25.7 Å². The molecule has 0 saturated carbocycles. The predicted octanol–water partition coefficient (Wildman–Crippen LogP) is 3.39. The normalized spacial score (nSPS) is 11.5. The first-order valence-corrected chi connectivity index (χ1v) is 8.76. The fourth-order valence-corrected chi connectivity index (χ4v) is 3.34. The van der Waals surface area contributed by atoms with E-state index in [1.165, 1.54) is 24.3 Å². The molecular weight excluding hydrogens is 279 g/mol. The quantitative estimate of drug-likeness (QED) is 0.519. The molecule has 3 nitrogen and oxygen atoms in total. The van der Waals surface area contributed by atoms with E-state index in [9.17, 15) is 17.6 Å². The number of ketones is 1. The lowest BCUT2D eigenvalue weighted by Crippen LogP contribution is -2.12. The third-order valence-corrected chi connectivity index (χ3v) is 4.91. The van der Waals surface area contributed by atoms with E-state index >= 15 is 0 Å². The van der Waals surface area contributed by atoms with Gasteiger partial charge in [-0.2, -0.15) is 0 Å². The summed E-state index contributed by atoms with van der Waals surface area (Å²) in [4.78, 5) is 11.8. The van der Waals surface area contributed by atoms with Crippen LogP contribution in [0.15, 0.2) is 24.3 Å². The topological polar surface area (TPSA) is 51.2 Å². The molecule has 0 radical (unpaired) electrons. The van der Waals surface area contributed by atoms with Crippen LogP contribution in [0.2, 0.25) is 0 Å². The van der Waals surface area contributed by atoms with E-state index in [-0.39, 0.29) is 29.5 Å². The summed E-state index contributed by atoms with van der Waals surface area (Å²) in [5, 5.41) is 0. The third kappa shape index (κ3) is 6.28. The standard InChI is InChI=1S/C15H21FO3S/c1-2-3-4-11-20(18,19)12-5-6-15(17)13-7-9-14(16)10-8-13/h7-10H,2-6,11-12H2,1H3. The Kier molecular flexibility index (Phi) is 6.85. The maximum absolute atomic E-state index is 12.7. The van der Waals surface area contributed by atoms with Gasteiger partial charge in [0.1, 0.15) is 15.7 Å². The number of carbonyl (C=O) groups is 1. The molecule has 5 heteroatoms. The summed E-state index contributed by atoms with van der Waals surface area (Å²) >= 11 is 0. The minimum atomic E-state index is -3.05. The molecule has 0 aliphatic heterocycles. The highest BCUT2D eigenvalue weighted by Crippen LogP contribution is 2.09. The van der Waals surface area contributed by atoms with Gasteiger partial charge < -0.3 is 0 Å². The number of sulfone groups is 1. The summed E-state index contributed by atoms with van der Waals surface area (Å²) in [5.41, 5.74) is 0.426. The van der Waals surface area contributed by atoms with Crippen LogP contribution in [0.5, 0.6) is 0 Å². The molecule has 0 aliphatic carbocycles. The van der Waals surface area contributed by atoms with Gasteiger partial charge in [-0.1, -0.05) is 19.8 Å². The minimum absolute atomic E-state index is 0.0453. The van der Waals surface area contributed by atoms with E-state index in [0.29, 0.717) is 18.4 Å². The average Bonchev–Trinajstić information content (AvgIpc) is 2.39. The van der Waals surface area contributed by atoms with Crippen LogP contribution in [0.25, 0.3) is 0 Å². The van der Waals surface area contributed by atoms with Gasteiger partial charge in [-0.05, 0) is 37.1 Å². The number of hydrogen-bond donors (Lipinski definition) is 0. The highest BCUT2D eigenvalue weighted by atomic mass is 32.2. The van der Waals surface area contributed by atoms with E-state index in [4.69, 9.17) is 0 Å². The largest absolute Gasteiger partial charge is 0.294 e. The Morgan fingerprint density at radius 3 is 2.25 bits per heavy atom. The minimum Gasteiger partial charge on any atom is -0.294 e. The molecule has 0 bridgehead atoms. The van der Waals surface area contributed by atoms with Crippen molar-refractivity contribution >= 4 is 15.6 Å². The van der Waals surface area contributed by atoms with Crippen molar-refractivity contribution in [2.75, 3.05) is 11.5 Å². The number of halogens is 1. The van der Waals surface area contributed by atoms with Crippen molar-refractivity contribution in [3.05, 3.63) is 35.6 Å². The molecule has 0 heterocycles. The summed E-state index contributed by atoms with van der Waals surface area (Å²) in [6.45, 7) is 2.02. The molecule has 1 aromatic rings. The third-order valence-electron chi connectivity index (χ3n) is 3.08. The summed E-state index contributed by atoms with van der Waals surface area (Å²) < 4.78 is 36.1. The Labute approximate surface area is 120 Å². The Morgan fingerprint density at radius 1 is 1.05 bits per heavy atom.